The summed E-state index contributed by atoms with van der Waals surface area (Å²) in [6.45, 7) is 2.13. The van der Waals surface area contributed by atoms with Gasteiger partial charge in [-0.3, -0.25) is 0 Å². The first-order valence-electron chi connectivity index (χ1n) is 5.47. The van der Waals surface area contributed by atoms with Crippen LogP contribution in [0.5, 0.6) is 0 Å². The van der Waals surface area contributed by atoms with Crippen LogP contribution in [-0.4, -0.2) is 5.11 Å². The number of aliphatic hydroxyl groups excluding tert-OH is 1. The summed E-state index contributed by atoms with van der Waals surface area (Å²) in [5.41, 5.74) is 1.73. The second kappa shape index (κ2) is 4.49. The van der Waals surface area contributed by atoms with Gasteiger partial charge in [-0.15, -0.1) is 0 Å². The molecule has 1 unspecified atom stereocenters. The predicted molar refractivity (Wildman–Crippen MR) is 60.7 cm³/mol. The molecule has 2 aromatic rings. The number of para-hydroxylation sites is 1. The fourth-order valence-electron chi connectivity index (χ4n) is 1.83. The van der Waals surface area contributed by atoms with Gasteiger partial charge in [0.1, 0.15) is 5.58 Å². The molecule has 1 heterocycles. The molecule has 80 valence electrons. The summed E-state index contributed by atoms with van der Waals surface area (Å²) in [4.78, 5) is 0. The molecule has 2 nitrogen and oxygen atoms in total. The minimum Gasteiger partial charge on any atom is -0.464 e. The van der Waals surface area contributed by atoms with E-state index in [1.807, 2.05) is 24.3 Å². The normalized spacial score (nSPS) is 13.2. The van der Waals surface area contributed by atoms with Gasteiger partial charge in [0.05, 0.1) is 12.4 Å². The summed E-state index contributed by atoms with van der Waals surface area (Å²) in [5, 5.41) is 11.1. The van der Waals surface area contributed by atoms with E-state index < -0.39 is 6.10 Å². The van der Waals surface area contributed by atoms with Gasteiger partial charge in [0, 0.05) is 10.9 Å². The number of rotatable bonds is 4. The number of furan rings is 1. The fourth-order valence-corrected chi connectivity index (χ4v) is 1.83. The Balaban J connectivity index is 2.29. The molecule has 0 bridgehead atoms. The van der Waals surface area contributed by atoms with Crippen LogP contribution < -0.4 is 0 Å². The third kappa shape index (κ3) is 2.05. The van der Waals surface area contributed by atoms with Crippen molar-refractivity contribution < 1.29 is 9.52 Å². The Kier molecular flexibility index (Phi) is 3.07. The van der Waals surface area contributed by atoms with Crippen molar-refractivity contribution in [3.63, 3.8) is 0 Å². The van der Waals surface area contributed by atoms with E-state index in [9.17, 15) is 5.11 Å². The van der Waals surface area contributed by atoms with E-state index in [2.05, 4.69) is 6.92 Å². The zero-order chi connectivity index (χ0) is 10.7. The molecule has 0 saturated carbocycles. The predicted octanol–water partition coefficient (Wildman–Crippen LogP) is 3.66. The largest absolute Gasteiger partial charge is 0.464 e. The van der Waals surface area contributed by atoms with Crippen molar-refractivity contribution in [1.82, 2.24) is 0 Å². The fraction of sp³-hybridized carbons (Fsp3) is 0.385. The van der Waals surface area contributed by atoms with Crippen molar-refractivity contribution in [2.45, 2.75) is 32.3 Å². The molecule has 0 aliphatic carbocycles. The molecule has 0 aliphatic heterocycles. The van der Waals surface area contributed by atoms with Gasteiger partial charge in [0.25, 0.3) is 0 Å². The number of hydrogen-bond acceptors (Lipinski definition) is 2. The molecule has 0 spiro atoms. The Morgan fingerprint density at radius 1 is 1.33 bits per heavy atom. The Morgan fingerprint density at radius 3 is 3.00 bits per heavy atom. The smallest absolute Gasteiger partial charge is 0.139 e. The topological polar surface area (TPSA) is 33.4 Å². The van der Waals surface area contributed by atoms with E-state index in [4.69, 9.17) is 4.42 Å². The van der Waals surface area contributed by atoms with Crippen molar-refractivity contribution in [1.29, 1.82) is 0 Å². The number of benzene rings is 1. The van der Waals surface area contributed by atoms with Crippen LogP contribution >= 0.6 is 0 Å². The van der Waals surface area contributed by atoms with Crippen molar-refractivity contribution >= 4 is 11.0 Å². The molecule has 0 amide bonds. The van der Waals surface area contributed by atoms with Crippen LogP contribution in [-0.2, 0) is 0 Å². The third-order valence-corrected chi connectivity index (χ3v) is 2.70. The SMILES string of the molecule is CCCCC(O)c1cccc2ccoc12. The monoisotopic (exact) mass is 204 g/mol. The molecule has 2 heteroatoms. The van der Waals surface area contributed by atoms with Crippen molar-refractivity contribution in [2.75, 3.05) is 0 Å². The molecule has 0 saturated heterocycles. The van der Waals surface area contributed by atoms with Crippen LogP contribution in [0, 0.1) is 0 Å². The highest BCUT2D eigenvalue weighted by Crippen LogP contribution is 2.27. The van der Waals surface area contributed by atoms with Crippen LogP contribution in [0.1, 0.15) is 37.9 Å². The van der Waals surface area contributed by atoms with E-state index in [1.54, 1.807) is 6.26 Å². The first-order valence-corrected chi connectivity index (χ1v) is 5.47. The Morgan fingerprint density at radius 2 is 2.20 bits per heavy atom. The minimum atomic E-state index is -0.403. The Hall–Kier alpha value is -1.28. The lowest BCUT2D eigenvalue weighted by Gasteiger charge is -2.10. The molecule has 1 atom stereocenters. The molecular formula is C13H16O2. The lowest BCUT2D eigenvalue weighted by atomic mass is 10.0. The summed E-state index contributed by atoms with van der Waals surface area (Å²) in [6.07, 6.45) is 4.21. The van der Waals surface area contributed by atoms with Crippen molar-refractivity contribution in [3.8, 4) is 0 Å². The summed E-state index contributed by atoms with van der Waals surface area (Å²) < 4.78 is 5.39. The minimum absolute atomic E-state index is 0.403. The van der Waals surface area contributed by atoms with Crippen LogP contribution in [0.15, 0.2) is 34.9 Å². The molecule has 15 heavy (non-hydrogen) atoms. The van der Waals surface area contributed by atoms with Crippen LogP contribution in [0.2, 0.25) is 0 Å². The van der Waals surface area contributed by atoms with Crippen LogP contribution in [0.4, 0.5) is 0 Å². The number of aliphatic hydroxyl groups is 1. The number of unbranched alkanes of at least 4 members (excludes halogenated alkanes) is 1. The molecule has 1 N–H and O–H groups in total. The first-order chi connectivity index (χ1) is 7.33. The Labute approximate surface area is 89.5 Å². The summed E-state index contributed by atoms with van der Waals surface area (Å²) >= 11 is 0. The van der Waals surface area contributed by atoms with Gasteiger partial charge < -0.3 is 9.52 Å². The van der Waals surface area contributed by atoms with Gasteiger partial charge in [-0.1, -0.05) is 38.0 Å². The lowest BCUT2D eigenvalue weighted by Crippen LogP contribution is -1.97. The highest BCUT2D eigenvalue weighted by atomic mass is 16.3. The average molecular weight is 204 g/mol. The molecule has 0 radical (unpaired) electrons. The van der Waals surface area contributed by atoms with Gasteiger partial charge in [-0.25, -0.2) is 0 Å². The van der Waals surface area contributed by atoms with Gasteiger partial charge in [0.2, 0.25) is 0 Å². The first kappa shape index (κ1) is 10.2. The van der Waals surface area contributed by atoms with Crippen LogP contribution in [0.3, 0.4) is 0 Å². The molecule has 0 fully saturated rings. The Bertz CT molecular complexity index is 431. The lowest BCUT2D eigenvalue weighted by molar-refractivity contribution is 0.164. The maximum Gasteiger partial charge on any atom is 0.139 e. The second-order valence-electron chi connectivity index (χ2n) is 3.84. The molecule has 1 aromatic heterocycles. The number of hydrogen-bond donors (Lipinski definition) is 1. The highest BCUT2D eigenvalue weighted by Gasteiger charge is 2.12. The summed E-state index contributed by atoms with van der Waals surface area (Å²) in [6, 6.07) is 7.81. The van der Waals surface area contributed by atoms with Gasteiger partial charge in [-0.05, 0) is 12.5 Å². The molecule has 1 aromatic carbocycles. The van der Waals surface area contributed by atoms with Gasteiger partial charge in [0.15, 0.2) is 0 Å². The van der Waals surface area contributed by atoms with Crippen molar-refractivity contribution in [3.05, 3.63) is 36.1 Å². The van der Waals surface area contributed by atoms with Gasteiger partial charge in [-0.2, -0.15) is 0 Å². The zero-order valence-corrected chi connectivity index (χ0v) is 8.94. The third-order valence-electron chi connectivity index (χ3n) is 2.70. The summed E-state index contributed by atoms with van der Waals surface area (Å²) in [5.74, 6) is 0. The average Bonchev–Trinajstić information content (AvgIpc) is 2.73. The highest BCUT2D eigenvalue weighted by molar-refractivity contribution is 5.80. The van der Waals surface area contributed by atoms with E-state index in [1.165, 1.54) is 0 Å². The van der Waals surface area contributed by atoms with E-state index in [0.717, 1.165) is 35.8 Å². The quantitative estimate of drug-likeness (QED) is 0.824. The maximum absolute atomic E-state index is 10.0. The van der Waals surface area contributed by atoms with E-state index in [0.29, 0.717) is 0 Å². The maximum atomic E-state index is 10.0. The van der Waals surface area contributed by atoms with E-state index >= 15 is 0 Å². The van der Waals surface area contributed by atoms with E-state index in [-0.39, 0.29) is 0 Å². The molecule has 0 aliphatic rings. The molecular weight excluding hydrogens is 188 g/mol. The van der Waals surface area contributed by atoms with Gasteiger partial charge >= 0.3 is 0 Å². The second-order valence-corrected chi connectivity index (χ2v) is 3.84. The molecule has 2 rings (SSSR count). The summed E-state index contributed by atoms with van der Waals surface area (Å²) in [7, 11) is 0. The number of fused-ring (bicyclic) bond motifs is 1. The zero-order valence-electron chi connectivity index (χ0n) is 8.94. The standard InChI is InChI=1S/C13H16O2/c1-2-3-7-12(14)11-6-4-5-10-8-9-15-13(10)11/h4-6,8-9,12,14H,2-3,7H2,1H3. The van der Waals surface area contributed by atoms with Crippen LogP contribution in [0.25, 0.3) is 11.0 Å². The van der Waals surface area contributed by atoms with Crippen molar-refractivity contribution in [2.24, 2.45) is 0 Å².